The van der Waals surface area contributed by atoms with Gasteiger partial charge in [0.15, 0.2) is 0 Å². The molecule has 0 radical (unpaired) electrons. The first-order valence-corrected chi connectivity index (χ1v) is 8.18. The van der Waals surface area contributed by atoms with E-state index < -0.39 is 0 Å². The Kier molecular flexibility index (Phi) is 4.95. The zero-order valence-electron chi connectivity index (χ0n) is 13.0. The van der Waals surface area contributed by atoms with Gasteiger partial charge in [-0.15, -0.1) is 0 Å². The Morgan fingerprint density at radius 3 is 2.77 bits per heavy atom. The van der Waals surface area contributed by atoms with Gasteiger partial charge >= 0.3 is 0 Å². The minimum Gasteiger partial charge on any atom is -0.378 e. The van der Waals surface area contributed by atoms with Crippen LogP contribution in [0.15, 0.2) is 24.3 Å². The Labute approximate surface area is 131 Å². The second-order valence-corrected chi connectivity index (χ2v) is 6.22. The first-order chi connectivity index (χ1) is 10.7. The van der Waals surface area contributed by atoms with Gasteiger partial charge in [0.25, 0.3) is 0 Å². The highest BCUT2D eigenvalue weighted by atomic mass is 16.5. The molecular weight excluding hydrogens is 278 g/mol. The van der Waals surface area contributed by atoms with Crippen molar-refractivity contribution in [2.75, 3.05) is 31.2 Å². The summed E-state index contributed by atoms with van der Waals surface area (Å²) in [5.41, 5.74) is 8.26. The first-order valence-electron chi connectivity index (χ1n) is 8.18. The molecule has 3 rings (SSSR count). The number of para-hydroxylation sites is 1. The standard InChI is InChI=1S/C17H25N3O2/c18-15-6-5-13(11-15)17(21)19-12-14-3-1-2-4-16(14)20-7-9-22-10-8-20/h1-4,13,15H,5-12,18H2,(H,19,21)/t13-,15-/m1/s1. The SMILES string of the molecule is N[C@@H]1CC[C@@H](C(=O)NCc2ccccc2N2CCOCC2)C1. The number of morpholine rings is 1. The third-order valence-corrected chi connectivity index (χ3v) is 4.64. The Hall–Kier alpha value is -1.59. The number of hydrogen-bond acceptors (Lipinski definition) is 4. The van der Waals surface area contributed by atoms with Crippen LogP contribution in [0.25, 0.3) is 0 Å². The summed E-state index contributed by atoms with van der Waals surface area (Å²) in [6.45, 7) is 3.92. The van der Waals surface area contributed by atoms with Crippen LogP contribution in [0, 0.1) is 5.92 Å². The van der Waals surface area contributed by atoms with E-state index in [1.165, 1.54) is 11.3 Å². The van der Waals surface area contributed by atoms with Crippen LogP contribution in [-0.2, 0) is 16.1 Å². The lowest BCUT2D eigenvalue weighted by atomic mass is 10.1. The molecule has 0 bridgehead atoms. The van der Waals surface area contributed by atoms with Crippen LogP contribution < -0.4 is 16.0 Å². The Morgan fingerprint density at radius 1 is 1.27 bits per heavy atom. The fourth-order valence-corrected chi connectivity index (χ4v) is 3.35. The molecule has 1 saturated heterocycles. The number of nitrogens with one attached hydrogen (secondary N) is 1. The monoisotopic (exact) mass is 303 g/mol. The Balaban J connectivity index is 1.61. The maximum Gasteiger partial charge on any atom is 0.223 e. The van der Waals surface area contributed by atoms with E-state index in [4.69, 9.17) is 10.5 Å². The summed E-state index contributed by atoms with van der Waals surface area (Å²) < 4.78 is 5.41. The molecule has 1 aromatic carbocycles. The van der Waals surface area contributed by atoms with Crippen LogP contribution in [-0.4, -0.2) is 38.3 Å². The maximum atomic E-state index is 12.3. The smallest absolute Gasteiger partial charge is 0.223 e. The molecule has 0 aromatic heterocycles. The number of amides is 1. The van der Waals surface area contributed by atoms with E-state index in [0.717, 1.165) is 45.6 Å². The van der Waals surface area contributed by atoms with Crippen LogP contribution in [0.4, 0.5) is 5.69 Å². The summed E-state index contributed by atoms with van der Waals surface area (Å²) in [5, 5.41) is 3.09. The molecule has 22 heavy (non-hydrogen) atoms. The second kappa shape index (κ2) is 7.11. The molecular formula is C17H25N3O2. The number of nitrogens with two attached hydrogens (primary N) is 1. The molecule has 1 aliphatic carbocycles. The van der Waals surface area contributed by atoms with E-state index in [1.54, 1.807) is 0 Å². The van der Waals surface area contributed by atoms with Crippen molar-refractivity contribution < 1.29 is 9.53 Å². The molecule has 1 aliphatic heterocycles. The zero-order chi connectivity index (χ0) is 15.4. The van der Waals surface area contributed by atoms with Gasteiger partial charge in [0, 0.05) is 37.3 Å². The summed E-state index contributed by atoms with van der Waals surface area (Å²) in [7, 11) is 0. The van der Waals surface area contributed by atoms with Crippen molar-refractivity contribution in [3.05, 3.63) is 29.8 Å². The molecule has 5 heteroatoms. The molecule has 1 amide bonds. The minimum atomic E-state index is 0.0885. The summed E-state index contributed by atoms with van der Waals surface area (Å²) >= 11 is 0. The number of benzene rings is 1. The normalized spacial score (nSPS) is 25.2. The van der Waals surface area contributed by atoms with E-state index >= 15 is 0 Å². The van der Waals surface area contributed by atoms with E-state index in [0.29, 0.717) is 6.54 Å². The lowest BCUT2D eigenvalue weighted by molar-refractivity contribution is -0.125. The van der Waals surface area contributed by atoms with Crippen molar-refractivity contribution in [3.8, 4) is 0 Å². The second-order valence-electron chi connectivity index (χ2n) is 6.22. The molecule has 120 valence electrons. The number of carbonyl (C=O) groups excluding carboxylic acids is 1. The number of hydrogen-bond donors (Lipinski definition) is 2. The Bertz CT molecular complexity index is 514. The van der Waals surface area contributed by atoms with Gasteiger partial charge in [-0.3, -0.25) is 4.79 Å². The quantitative estimate of drug-likeness (QED) is 0.879. The molecule has 2 fully saturated rings. The molecule has 3 N–H and O–H groups in total. The minimum absolute atomic E-state index is 0.0885. The molecule has 5 nitrogen and oxygen atoms in total. The Morgan fingerprint density at radius 2 is 2.05 bits per heavy atom. The van der Waals surface area contributed by atoms with Crippen molar-refractivity contribution >= 4 is 11.6 Å². The van der Waals surface area contributed by atoms with E-state index in [2.05, 4.69) is 22.3 Å². The molecule has 1 saturated carbocycles. The lowest BCUT2D eigenvalue weighted by Crippen LogP contribution is -2.37. The van der Waals surface area contributed by atoms with Crippen molar-refractivity contribution in [2.24, 2.45) is 11.7 Å². The average molecular weight is 303 g/mol. The van der Waals surface area contributed by atoms with Gasteiger partial charge < -0.3 is 20.7 Å². The van der Waals surface area contributed by atoms with Gasteiger partial charge in [-0.1, -0.05) is 18.2 Å². The zero-order valence-corrected chi connectivity index (χ0v) is 13.0. The molecule has 1 aromatic rings. The van der Waals surface area contributed by atoms with Crippen LogP contribution >= 0.6 is 0 Å². The van der Waals surface area contributed by atoms with Crippen LogP contribution in [0.3, 0.4) is 0 Å². The highest BCUT2D eigenvalue weighted by molar-refractivity contribution is 5.79. The van der Waals surface area contributed by atoms with Crippen LogP contribution in [0.2, 0.25) is 0 Å². The fourth-order valence-electron chi connectivity index (χ4n) is 3.35. The van der Waals surface area contributed by atoms with Gasteiger partial charge in [-0.05, 0) is 30.9 Å². The highest BCUT2D eigenvalue weighted by Gasteiger charge is 2.27. The largest absolute Gasteiger partial charge is 0.378 e. The maximum absolute atomic E-state index is 12.3. The van der Waals surface area contributed by atoms with Gasteiger partial charge in [0.2, 0.25) is 5.91 Å². The molecule has 2 atom stereocenters. The van der Waals surface area contributed by atoms with E-state index in [9.17, 15) is 4.79 Å². The third-order valence-electron chi connectivity index (χ3n) is 4.64. The first kappa shape index (κ1) is 15.3. The van der Waals surface area contributed by atoms with Crippen molar-refractivity contribution in [3.63, 3.8) is 0 Å². The van der Waals surface area contributed by atoms with Gasteiger partial charge in [0.1, 0.15) is 0 Å². The van der Waals surface area contributed by atoms with Gasteiger partial charge in [-0.2, -0.15) is 0 Å². The van der Waals surface area contributed by atoms with Crippen LogP contribution in [0.5, 0.6) is 0 Å². The van der Waals surface area contributed by atoms with Gasteiger partial charge in [0.05, 0.1) is 13.2 Å². The molecule has 0 unspecified atom stereocenters. The van der Waals surface area contributed by atoms with E-state index in [1.807, 2.05) is 12.1 Å². The summed E-state index contributed by atoms with van der Waals surface area (Å²) in [6, 6.07) is 8.48. The number of anilines is 1. The summed E-state index contributed by atoms with van der Waals surface area (Å²) in [4.78, 5) is 14.6. The van der Waals surface area contributed by atoms with Crippen molar-refractivity contribution in [2.45, 2.75) is 31.8 Å². The topological polar surface area (TPSA) is 67.6 Å². The molecule has 2 aliphatic rings. The number of rotatable bonds is 4. The summed E-state index contributed by atoms with van der Waals surface area (Å²) in [6.07, 6.45) is 2.69. The lowest BCUT2D eigenvalue weighted by Gasteiger charge is -2.30. The van der Waals surface area contributed by atoms with Crippen LogP contribution in [0.1, 0.15) is 24.8 Å². The van der Waals surface area contributed by atoms with Gasteiger partial charge in [-0.25, -0.2) is 0 Å². The highest BCUT2D eigenvalue weighted by Crippen LogP contribution is 2.25. The molecule has 1 heterocycles. The van der Waals surface area contributed by atoms with E-state index in [-0.39, 0.29) is 17.9 Å². The van der Waals surface area contributed by atoms with Crippen molar-refractivity contribution in [1.29, 1.82) is 0 Å². The fraction of sp³-hybridized carbons (Fsp3) is 0.588. The average Bonchev–Trinajstić information content (AvgIpc) is 3.00. The van der Waals surface area contributed by atoms with Crippen molar-refractivity contribution in [1.82, 2.24) is 5.32 Å². The number of carbonyl (C=O) groups is 1. The predicted octanol–water partition coefficient (Wildman–Crippen LogP) is 1.27. The predicted molar refractivity (Wildman–Crippen MR) is 86.6 cm³/mol. The third kappa shape index (κ3) is 3.59. The number of nitrogens with zero attached hydrogens (tertiary/aromatic N) is 1. The molecule has 0 spiro atoms. The number of ether oxygens (including phenoxy) is 1. The summed E-state index contributed by atoms with van der Waals surface area (Å²) in [5.74, 6) is 0.232.